The van der Waals surface area contributed by atoms with Gasteiger partial charge in [-0.15, -0.1) is 0 Å². The molecule has 0 spiro atoms. The van der Waals surface area contributed by atoms with Crippen molar-refractivity contribution in [3.8, 4) is 0 Å². The van der Waals surface area contributed by atoms with E-state index < -0.39 is 29.3 Å². The third-order valence-corrected chi connectivity index (χ3v) is 4.43. The zero-order chi connectivity index (χ0) is 19.0. The highest BCUT2D eigenvalue weighted by Gasteiger charge is 2.46. The lowest BCUT2D eigenvalue weighted by Crippen LogP contribution is -2.31. The van der Waals surface area contributed by atoms with Crippen LogP contribution in [-0.2, 0) is 4.79 Å². The van der Waals surface area contributed by atoms with Crippen molar-refractivity contribution in [1.82, 2.24) is 0 Å². The molecule has 27 heavy (non-hydrogen) atoms. The molecule has 1 aliphatic heterocycles. The molecule has 4 rings (SSSR count). The Bertz CT molecular complexity index is 1040. The average Bonchev–Trinajstić information content (AvgIpc) is 3.30. The van der Waals surface area contributed by atoms with Crippen LogP contribution in [0.25, 0.3) is 0 Å². The number of benzene rings is 2. The quantitative estimate of drug-likeness (QED) is 0.705. The number of anilines is 1. The summed E-state index contributed by atoms with van der Waals surface area (Å²) in [5.74, 6) is -2.79. The first-order valence-electron chi connectivity index (χ1n) is 8.24. The van der Waals surface area contributed by atoms with Gasteiger partial charge in [-0.3, -0.25) is 14.5 Å². The van der Waals surface area contributed by atoms with Crippen LogP contribution in [0.15, 0.2) is 88.7 Å². The number of amides is 1. The summed E-state index contributed by atoms with van der Waals surface area (Å²) < 4.78 is 19.7. The van der Waals surface area contributed by atoms with Gasteiger partial charge in [-0.25, -0.2) is 4.39 Å². The second kappa shape index (κ2) is 6.57. The number of ketones is 1. The number of carbonyl (C=O) groups is 2. The summed E-state index contributed by atoms with van der Waals surface area (Å²) in [7, 11) is 0. The minimum atomic E-state index is -1.11. The number of hydrogen-bond donors (Lipinski definition) is 1. The molecular weight excluding hydrogens is 349 g/mol. The second-order valence-corrected chi connectivity index (χ2v) is 6.00. The number of hydrogen-bond acceptors (Lipinski definition) is 4. The lowest BCUT2D eigenvalue weighted by Gasteiger charge is -2.27. The molecule has 0 radical (unpaired) electrons. The molecule has 0 fully saturated rings. The van der Waals surface area contributed by atoms with Crippen LogP contribution < -0.4 is 4.90 Å². The molecule has 1 unspecified atom stereocenters. The van der Waals surface area contributed by atoms with E-state index in [4.69, 9.17) is 4.42 Å². The minimum Gasteiger partial charge on any atom is -0.503 e. The van der Waals surface area contributed by atoms with Crippen LogP contribution >= 0.6 is 0 Å². The van der Waals surface area contributed by atoms with E-state index in [1.165, 1.54) is 41.5 Å². The van der Waals surface area contributed by atoms with E-state index in [-0.39, 0.29) is 16.9 Å². The molecule has 1 atom stereocenters. The van der Waals surface area contributed by atoms with E-state index in [9.17, 15) is 19.1 Å². The number of halogens is 1. The largest absolute Gasteiger partial charge is 0.503 e. The topological polar surface area (TPSA) is 70.8 Å². The smallest absolute Gasteiger partial charge is 0.294 e. The zero-order valence-corrected chi connectivity index (χ0v) is 14.0. The number of furan rings is 1. The number of Topliss-reactive ketones (excluding diaryl/α,β-unsaturated/α-hetero) is 1. The molecule has 0 saturated carbocycles. The highest BCUT2D eigenvalue weighted by atomic mass is 19.1. The number of para-hydroxylation sites is 1. The lowest BCUT2D eigenvalue weighted by atomic mass is 9.94. The van der Waals surface area contributed by atoms with Crippen molar-refractivity contribution in [2.24, 2.45) is 0 Å². The Kier molecular flexibility index (Phi) is 4.08. The van der Waals surface area contributed by atoms with Crippen molar-refractivity contribution < 1.29 is 23.5 Å². The van der Waals surface area contributed by atoms with E-state index in [2.05, 4.69) is 0 Å². The fraction of sp³-hybridized carbons (Fsp3) is 0.0476. The predicted octanol–water partition coefficient (Wildman–Crippen LogP) is 4.20. The van der Waals surface area contributed by atoms with E-state index in [0.717, 1.165) is 0 Å². The van der Waals surface area contributed by atoms with E-state index in [0.29, 0.717) is 5.69 Å². The number of rotatable bonds is 4. The molecular formula is C21H14FNO4. The molecule has 2 aromatic carbocycles. The molecule has 0 bridgehead atoms. The Hall–Kier alpha value is -3.67. The summed E-state index contributed by atoms with van der Waals surface area (Å²) in [6, 6.07) is 16.2. The van der Waals surface area contributed by atoms with Gasteiger partial charge < -0.3 is 9.52 Å². The third-order valence-electron chi connectivity index (χ3n) is 4.43. The van der Waals surface area contributed by atoms with Gasteiger partial charge in [0.25, 0.3) is 5.91 Å². The summed E-state index contributed by atoms with van der Waals surface area (Å²) in [6.45, 7) is 0. The summed E-state index contributed by atoms with van der Waals surface area (Å²) in [5.41, 5.74) is 0.321. The third kappa shape index (κ3) is 2.71. The summed E-state index contributed by atoms with van der Waals surface area (Å²) in [6.07, 6.45) is 1.31. The van der Waals surface area contributed by atoms with Crippen molar-refractivity contribution in [1.29, 1.82) is 0 Å². The summed E-state index contributed by atoms with van der Waals surface area (Å²) >= 11 is 0. The Balaban J connectivity index is 1.92. The van der Waals surface area contributed by atoms with E-state index in [1.54, 1.807) is 36.4 Å². The van der Waals surface area contributed by atoms with Crippen LogP contribution in [0.3, 0.4) is 0 Å². The first kappa shape index (κ1) is 16.8. The number of nitrogens with zero attached hydrogens (tertiary/aromatic N) is 1. The summed E-state index contributed by atoms with van der Waals surface area (Å²) in [4.78, 5) is 26.9. The maximum absolute atomic E-state index is 14.6. The second-order valence-electron chi connectivity index (χ2n) is 6.00. The molecule has 5 nitrogen and oxygen atoms in total. The van der Waals surface area contributed by atoms with Crippen LogP contribution in [0.1, 0.15) is 22.2 Å². The van der Waals surface area contributed by atoms with Gasteiger partial charge in [0.2, 0.25) is 5.78 Å². The van der Waals surface area contributed by atoms with Gasteiger partial charge in [-0.05, 0) is 30.3 Å². The molecule has 1 amide bonds. The van der Waals surface area contributed by atoms with Crippen LogP contribution in [0.4, 0.5) is 10.1 Å². The maximum atomic E-state index is 14.6. The summed E-state index contributed by atoms with van der Waals surface area (Å²) in [5, 5.41) is 10.5. The first-order chi connectivity index (χ1) is 13.1. The Morgan fingerprint density at radius 1 is 1.00 bits per heavy atom. The standard InChI is InChI=1S/C21H14FNO4/c22-15-10-5-4-9-14(15)18-17(19(24)16-11-6-12-27-16)20(25)21(26)23(18)13-7-2-1-3-8-13/h1-12,18,25H. The lowest BCUT2D eigenvalue weighted by molar-refractivity contribution is -0.117. The van der Waals surface area contributed by atoms with Crippen molar-refractivity contribution in [3.63, 3.8) is 0 Å². The molecule has 3 aromatic rings. The van der Waals surface area contributed by atoms with Gasteiger partial charge in [-0.1, -0.05) is 36.4 Å². The first-order valence-corrected chi connectivity index (χ1v) is 8.24. The van der Waals surface area contributed by atoms with Gasteiger partial charge in [0.15, 0.2) is 11.5 Å². The van der Waals surface area contributed by atoms with Gasteiger partial charge >= 0.3 is 0 Å². The van der Waals surface area contributed by atoms with Gasteiger partial charge in [0.1, 0.15) is 5.82 Å². The fourth-order valence-corrected chi connectivity index (χ4v) is 3.22. The SMILES string of the molecule is O=C(C1=C(O)C(=O)N(c2ccccc2)C1c1ccccc1F)c1ccco1. The molecule has 2 heterocycles. The van der Waals surface area contributed by atoms with Crippen LogP contribution in [0.5, 0.6) is 0 Å². The van der Waals surface area contributed by atoms with Crippen molar-refractivity contribution in [2.75, 3.05) is 4.90 Å². The number of carbonyl (C=O) groups excluding carboxylic acids is 2. The molecule has 1 N–H and O–H groups in total. The maximum Gasteiger partial charge on any atom is 0.294 e. The van der Waals surface area contributed by atoms with E-state index in [1.807, 2.05) is 0 Å². The number of aliphatic hydroxyl groups is 1. The number of aliphatic hydroxyl groups excluding tert-OH is 1. The highest BCUT2D eigenvalue weighted by Crippen LogP contribution is 2.42. The Labute approximate surface area is 154 Å². The normalized spacial score (nSPS) is 16.9. The molecule has 134 valence electrons. The predicted molar refractivity (Wildman–Crippen MR) is 95.8 cm³/mol. The van der Waals surface area contributed by atoms with Gasteiger partial charge in [0, 0.05) is 11.3 Å². The highest BCUT2D eigenvalue weighted by molar-refractivity contribution is 6.20. The van der Waals surface area contributed by atoms with Gasteiger partial charge in [0.05, 0.1) is 17.9 Å². The molecule has 0 saturated heterocycles. The van der Waals surface area contributed by atoms with Crippen molar-refractivity contribution in [3.05, 3.63) is 101 Å². The molecule has 1 aliphatic rings. The zero-order valence-electron chi connectivity index (χ0n) is 14.0. The van der Waals surface area contributed by atoms with Crippen LogP contribution in [0, 0.1) is 5.82 Å². The van der Waals surface area contributed by atoms with Crippen molar-refractivity contribution >= 4 is 17.4 Å². The average molecular weight is 363 g/mol. The van der Waals surface area contributed by atoms with E-state index >= 15 is 0 Å². The molecule has 1 aromatic heterocycles. The Morgan fingerprint density at radius 2 is 1.70 bits per heavy atom. The molecule has 6 heteroatoms. The van der Waals surface area contributed by atoms with Crippen LogP contribution in [0.2, 0.25) is 0 Å². The Morgan fingerprint density at radius 3 is 2.37 bits per heavy atom. The molecule has 0 aliphatic carbocycles. The van der Waals surface area contributed by atoms with Crippen molar-refractivity contribution in [2.45, 2.75) is 6.04 Å². The fourth-order valence-electron chi connectivity index (χ4n) is 3.22. The minimum absolute atomic E-state index is 0.0411. The van der Waals surface area contributed by atoms with Crippen LogP contribution in [-0.4, -0.2) is 16.8 Å². The monoisotopic (exact) mass is 363 g/mol. The van der Waals surface area contributed by atoms with Gasteiger partial charge in [-0.2, -0.15) is 0 Å².